The van der Waals surface area contributed by atoms with Crippen LogP contribution < -0.4 is 5.32 Å². The highest BCUT2D eigenvalue weighted by molar-refractivity contribution is 7.90. The minimum absolute atomic E-state index is 0.193. The lowest BCUT2D eigenvalue weighted by molar-refractivity contribution is 0.0209. The minimum atomic E-state index is -3.26. The third-order valence-corrected chi connectivity index (χ3v) is 8.16. The Labute approximate surface area is 168 Å². The molecule has 0 spiro atoms. The summed E-state index contributed by atoms with van der Waals surface area (Å²) in [5.74, 6) is 1.33. The van der Waals surface area contributed by atoms with Gasteiger partial charge in [0, 0.05) is 34.8 Å². The quantitative estimate of drug-likeness (QED) is 0.668. The van der Waals surface area contributed by atoms with Crippen molar-refractivity contribution in [3.8, 4) is 11.4 Å². The van der Waals surface area contributed by atoms with E-state index in [4.69, 9.17) is 14.7 Å². The Morgan fingerprint density at radius 2 is 1.97 bits per heavy atom. The van der Waals surface area contributed by atoms with Crippen molar-refractivity contribution in [2.45, 2.75) is 37.2 Å². The van der Waals surface area contributed by atoms with Crippen LogP contribution in [0, 0.1) is 0 Å². The summed E-state index contributed by atoms with van der Waals surface area (Å²) in [6, 6.07) is 8.21. The van der Waals surface area contributed by atoms with E-state index in [0.29, 0.717) is 32.1 Å². The normalized spacial score (nSPS) is 20.0. The summed E-state index contributed by atoms with van der Waals surface area (Å²) < 4.78 is 32.4. The van der Waals surface area contributed by atoms with Gasteiger partial charge in [0.05, 0.1) is 36.7 Å². The van der Waals surface area contributed by atoms with Crippen LogP contribution in [0.15, 0.2) is 30.5 Å². The molecule has 3 aromatic rings. The summed E-state index contributed by atoms with van der Waals surface area (Å²) >= 11 is 0. The number of anilines is 1. The second kappa shape index (κ2) is 6.25. The molecule has 0 unspecified atom stereocenters. The third kappa shape index (κ3) is 2.84. The first-order valence-corrected chi connectivity index (χ1v) is 11.4. The van der Waals surface area contributed by atoms with Crippen LogP contribution in [-0.2, 0) is 27.8 Å². The summed E-state index contributed by atoms with van der Waals surface area (Å²) in [5, 5.41) is 4.26. The highest BCUT2D eigenvalue weighted by Gasteiger charge is 2.43. The number of hydrogen-bond donors (Lipinski definition) is 2. The van der Waals surface area contributed by atoms with Gasteiger partial charge in [-0.15, -0.1) is 0 Å². The lowest BCUT2D eigenvalue weighted by atomic mass is 10.1. The Kier molecular flexibility index (Phi) is 3.75. The van der Waals surface area contributed by atoms with Crippen LogP contribution in [0.25, 0.3) is 22.3 Å². The molecule has 4 heterocycles. The maximum atomic E-state index is 12.8. The fourth-order valence-corrected chi connectivity index (χ4v) is 5.76. The Morgan fingerprint density at radius 3 is 2.72 bits per heavy atom. The Bertz CT molecular complexity index is 1210. The SMILES string of the molecule is O=S(=O)(C1CC1)N1Cc2nc(-c3c[nH]c4ccccc34)nc(NC3COC3)c2C1. The monoisotopic (exact) mass is 411 g/mol. The van der Waals surface area contributed by atoms with Crippen LogP contribution in [0.4, 0.5) is 5.82 Å². The molecule has 1 saturated heterocycles. The highest BCUT2D eigenvalue weighted by Crippen LogP contribution is 2.38. The molecule has 1 aromatic carbocycles. The van der Waals surface area contributed by atoms with Crippen molar-refractivity contribution in [1.82, 2.24) is 19.3 Å². The molecule has 0 atom stereocenters. The Hall–Kier alpha value is -2.49. The average Bonchev–Trinajstić information content (AvgIpc) is 3.32. The van der Waals surface area contributed by atoms with Gasteiger partial charge in [-0.25, -0.2) is 18.4 Å². The lowest BCUT2D eigenvalue weighted by Gasteiger charge is -2.28. The summed E-state index contributed by atoms with van der Waals surface area (Å²) in [7, 11) is -3.26. The van der Waals surface area contributed by atoms with Crippen LogP contribution in [0.2, 0.25) is 0 Å². The molecule has 2 aromatic heterocycles. The number of nitrogens with one attached hydrogen (secondary N) is 2. The summed E-state index contributed by atoms with van der Waals surface area (Å²) in [6.07, 6.45) is 3.42. The predicted octanol–water partition coefficient (Wildman–Crippen LogP) is 2.24. The molecular weight excluding hydrogens is 390 g/mol. The van der Waals surface area contributed by atoms with E-state index < -0.39 is 10.0 Å². The van der Waals surface area contributed by atoms with Crippen molar-refractivity contribution in [1.29, 1.82) is 0 Å². The van der Waals surface area contributed by atoms with Crippen molar-refractivity contribution in [3.63, 3.8) is 0 Å². The molecule has 2 fully saturated rings. The minimum Gasteiger partial charge on any atom is -0.377 e. The van der Waals surface area contributed by atoms with Crippen LogP contribution in [0.5, 0.6) is 0 Å². The number of benzene rings is 1. The van der Waals surface area contributed by atoms with E-state index in [0.717, 1.165) is 46.4 Å². The van der Waals surface area contributed by atoms with E-state index in [1.54, 1.807) is 4.31 Å². The fraction of sp³-hybridized carbons (Fsp3) is 0.400. The number of rotatable bonds is 5. The number of para-hydroxylation sites is 1. The molecule has 9 heteroatoms. The van der Waals surface area contributed by atoms with Gasteiger partial charge < -0.3 is 15.0 Å². The van der Waals surface area contributed by atoms with Gasteiger partial charge in [0.2, 0.25) is 10.0 Å². The fourth-order valence-electron chi connectivity index (χ4n) is 3.99. The molecule has 6 rings (SSSR count). The number of ether oxygens (including phenoxy) is 1. The standard InChI is InChI=1S/C20H21N5O3S/c26-29(27,13-5-6-13)25-8-16-18(9-25)23-19(24-20(16)22-12-10-28-11-12)15-7-21-17-4-2-1-3-14(15)17/h1-4,7,12-13,21H,5-6,8-11H2,(H,22,23,24). The van der Waals surface area contributed by atoms with Gasteiger partial charge in [0.1, 0.15) is 5.82 Å². The molecule has 1 aliphatic carbocycles. The Balaban J connectivity index is 1.44. The zero-order chi connectivity index (χ0) is 19.6. The van der Waals surface area contributed by atoms with E-state index in [1.165, 1.54) is 0 Å². The van der Waals surface area contributed by atoms with Gasteiger partial charge in [-0.2, -0.15) is 4.31 Å². The van der Waals surface area contributed by atoms with Crippen LogP contribution >= 0.6 is 0 Å². The molecule has 1 saturated carbocycles. The number of sulfonamides is 1. The van der Waals surface area contributed by atoms with Crippen LogP contribution in [0.3, 0.4) is 0 Å². The predicted molar refractivity (Wildman–Crippen MR) is 109 cm³/mol. The van der Waals surface area contributed by atoms with Gasteiger partial charge in [-0.3, -0.25) is 0 Å². The third-order valence-electron chi connectivity index (χ3n) is 5.87. The second-order valence-corrected chi connectivity index (χ2v) is 10.2. The van der Waals surface area contributed by atoms with Gasteiger partial charge in [0.25, 0.3) is 0 Å². The second-order valence-electron chi connectivity index (χ2n) is 7.96. The van der Waals surface area contributed by atoms with E-state index in [1.807, 2.05) is 30.5 Å². The highest BCUT2D eigenvalue weighted by atomic mass is 32.2. The molecule has 150 valence electrons. The van der Waals surface area contributed by atoms with Crippen molar-refractivity contribution in [2.24, 2.45) is 0 Å². The van der Waals surface area contributed by atoms with Crippen LogP contribution in [-0.4, -0.2) is 52.2 Å². The van der Waals surface area contributed by atoms with Gasteiger partial charge in [-0.05, 0) is 18.9 Å². The molecular formula is C20H21N5O3S. The molecule has 0 bridgehead atoms. The van der Waals surface area contributed by atoms with Crippen molar-refractivity contribution in [2.75, 3.05) is 18.5 Å². The molecule has 29 heavy (non-hydrogen) atoms. The topological polar surface area (TPSA) is 100 Å². The lowest BCUT2D eigenvalue weighted by Crippen LogP contribution is -2.40. The van der Waals surface area contributed by atoms with Gasteiger partial charge >= 0.3 is 0 Å². The van der Waals surface area contributed by atoms with E-state index in [2.05, 4.69) is 10.3 Å². The van der Waals surface area contributed by atoms with E-state index in [-0.39, 0.29) is 11.3 Å². The maximum absolute atomic E-state index is 12.8. The summed E-state index contributed by atoms with van der Waals surface area (Å²) in [4.78, 5) is 12.9. The van der Waals surface area contributed by atoms with Crippen molar-refractivity contribution in [3.05, 3.63) is 41.7 Å². The summed E-state index contributed by atoms with van der Waals surface area (Å²) in [5.41, 5.74) is 3.60. The van der Waals surface area contributed by atoms with E-state index >= 15 is 0 Å². The van der Waals surface area contributed by atoms with Gasteiger partial charge in [-0.1, -0.05) is 18.2 Å². The number of nitrogens with zero attached hydrogens (tertiary/aromatic N) is 3. The Morgan fingerprint density at radius 1 is 1.14 bits per heavy atom. The largest absolute Gasteiger partial charge is 0.377 e. The molecule has 8 nitrogen and oxygen atoms in total. The molecule has 0 radical (unpaired) electrons. The molecule has 0 amide bonds. The molecule has 3 aliphatic rings. The first kappa shape index (κ1) is 17.4. The number of aromatic nitrogens is 3. The first-order chi connectivity index (χ1) is 14.1. The smallest absolute Gasteiger partial charge is 0.217 e. The number of H-pyrrole nitrogens is 1. The number of hydrogen-bond acceptors (Lipinski definition) is 6. The number of fused-ring (bicyclic) bond motifs is 2. The zero-order valence-corrected chi connectivity index (χ0v) is 16.6. The first-order valence-electron chi connectivity index (χ1n) is 9.89. The average molecular weight is 411 g/mol. The van der Waals surface area contributed by atoms with E-state index in [9.17, 15) is 8.42 Å². The van der Waals surface area contributed by atoms with Crippen LogP contribution in [0.1, 0.15) is 24.1 Å². The zero-order valence-electron chi connectivity index (χ0n) is 15.8. The number of aromatic amines is 1. The molecule has 2 aliphatic heterocycles. The van der Waals surface area contributed by atoms with Crippen molar-refractivity contribution < 1.29 is 13.2 Å². The molecule has 2 N–H and O–H groups in total. The maximum Gasteiger partial charge on any atom is 0.217 e. The summed E-state index contributed by atoms with van der Waals surface area (Å²) in [6.45, 7) is 1.90. The van der Waals surface area contributed by atoms with Crippen molar-refractivity contribution >= 4 is 26.7 Å². The van der Waals surface area contributed by atoms with Gasteiger partial charge in [0.15, 0.2) is 5.82 Å².